The topological polar surface area (TPSA) is 48.2 Å². The fraction of sp³-hybridized carbons (Fsp3) is 0.600. The van der Waals surface area contributed by atoms with E-state index >= 15 is 0 Å². The molecule has 1 aromatic rings. The van der Waals surface area contributed by atoms with E-state index in [9.17, 15) is 5.11 Å². The average Bonchev–Trinajstić information content (AvgIpc) is 2.72. The number of likely N-dealkylation sites (tertiary alicyclic amines) is 1. The third kappa shape index (κ3) is 6.10. The van der Waals surface area contributed by atoms with E-state index in [0.717, 1.165) is 63.2 Å². The number of allylic oxidation sites excluding steroid dienone is 1. The maximum absolute atomic E-state index is 9.86. The van der Waals surface area contributed by atoms with Gasteiger partial charge in [-0.3, -0.25) is 9.98 Å². The molecule has 0 spiro atoms. The number of benzene rings is 1. The summed E-state index contributed by atoms with van der Waals surface area (Å²) < 4.78 is 0. The highest BCUT2D eigenvalue weighted by atomic mass is 16.3. The Kier molecular flexibility index (Phi) is 7.42. The van der Waals surface area contributed by atoms with E-state index in [2.05, 4.69) is 49.2 Å². The van der Waals surface area contributed by atoms with Gasteiger partial charge in [0.2, 0.25) is 0 Å². The van der Waals surface area contributed by atoms with Gasteiger partial charge in [-0.25, -0.2) is 0 Å². The summed E-state index contributed by atoms with van der Waals surface area (Å²) in [7, 11) is 2.19. The summed E-state index contributed by atoms with van der Waals surface area (Å²) in [6.45, 7) is 9.27. The maximum atomic E-state index is 9.86. The lowest BCUT2D eigenvalue weighted by atomic mass is 9.84. The van der Waals surface area contributed by atoms with Gasteiger partial charge in [0.15, 0.2) is 0 Å². The quantitative estimate of drug-likeness (QED) is 0.702. The second kappa shape index (κ2) is 9.82. The second-order valence-corrected chi connectivity index (χ2v) is 9.28. The number of aliphatic hydroxyl groups excluding tert-OH is 1. The number of hydrogen-bond donors (Lipinski definition) is 1. The van der Waals surface area contributed by atoms with Crippen LogP contribution in [0, 0.1) is 12.8 Å². The molecule has 1 saturated heterocycles. The van der Waals surface area contributed by atoms with Gasteiger partial charge in [-0.2, -0.15) is 0 Å². The fourth-order valence-electron chi connectivity index (χ4n) is 4.21. The smallest absolute Gasteiger partial charge is 0.0816 e. The maximum Gasteiger partial charge on any atom is 0.0816 e. The number of dihydropyridines is 1. The van der Waals surface area contributed by atoms with Crippen molar-refractivity contribution in [3.63, 3.8) is 0 Å². The van der Waals surface area contributed by atoms with Gasteiger partial charge in [-0.15, -0.1) is 0 Å². The van der Waals surface area contributed by atoms with Crippen LogP contribution in [0.5, 0.6) is 0 Å². The van der Waals surface area contributed by atoms with E-state index in [1.54, 1.807) is 0 Å². The molecule has 158 valence electrons. The summed E-state index contributed by atoms with van der Waals surface area (Å²) in [6.07, 6.45) is 7.62. The van der Waals surface area contributed by atoms with Crippen molar-refractivity contribution in [2.45, 2.75) is 58.4 Å². The number of aliphatic hydroxyl groups is 1. The Balaban J connectivity index is 1.84. The fourth-order valence-corrected chi connectivity index (χ4v) is 4.21. The van der Waals surface area contributed by atoms with E-state index in [0.29, 0.717) is 5.92 Å². The lowest BCUT2D eigenvalue weighted by Gasteiger charge is -2.33. The van der Waals surface area contributed by atoms with Gasteiger partial charge in [0, 0.05) is 12.5 Å². The van der Waals surface area contributed by atoms with Crippen molar-refractivity contribution in [2.24, 2.45) is 15.9 Å². The SMILES string of the molecule is Cc1cccc(CCC2=CCCN=C2C(=NC(C)(C)CO)C2CCN(C)CC2)c1. The monoisotopic (exact) mass is 395 g/mol. The van der Waals surface area contributed by atoms with Crippen LogP contribution in [0.4, 0.5) is 0 Å². The Morgan fingerprint density at radius 1 is 1.24 bits per heavy atom. The molecular formula is C25H37N3O. The zero-order valence-electron chi connectivity index (χ0n) is 18.6. The molecule has 0 amide bonds. The van der Waals surface area contributed by atoms with E-state index in [1.807, 2.05) is 13.8 Å². The van der Waals surface area contributed by atoms with Crippen molar-refractivity contribution in [1.82, 2.24) is 4.90 Å². The van der Waals surface area contributed by atoms with Crippen molar-refractivity contribution >= 4 is 11.4 Å². The van der Waals surface area contributed by atoms with Crippen molar-refractivity contribution in [3.05, 3.63) is 47.0 Å². The second-order valence-electron chi connectivity index (χ2n) is 9.28. The molecule has 0 aliphatic carbocycles. The normalized spacial score (nSPS) is 19.8. The summed E-state index contributed by atoms with van der Waals surface area (Å²) in [4.78, 5) is 12.5. The van der Waals surface area contributed by atoms with Crippen molar-refractivity contribution < 1.29 is 5.11 Å². The molecule has 0 unspecified atom stereocenters. The molecule has 1 fully saturated rings. The zero-order chi connectivity index (χ0) is 20.9. The molecule has 0 saturated carbocycles. The Morgan fingerprint density at radius 2 is 2.00 bits per heavy atom. The number of rotatable bonds is 7. The molecule has 1 aromatic carbocycles. The first-order chi connectivity index (χ1) is 13.9. The van der Waals surface area contributed by atoms with E-state index < -0.39 is 5.54 Å². The van der Waals surface area contributed by atoms with Gasteiger partial charge in [-0.1, -0.05) is 35.9 Å². The van der Waals surface area contributed by atoms with Crippen molar-refractivity contribution in [2.75, 3.05) is 33.3 Å². The Hall–Kier alpha value is -1.78. The van der Waals surface area contributed by atoms with Gasteiger partial charge in [-0.05, 0) is 84.1 Å². The molecule has 0 atom stereocenters. The first-order valence-electron chi connectivity index (χ1n) is 11.1. The van der Waals surface area contributed by atoms with Crippen LogP contribution in [0.2, 0.25) is 0 Å². The van der Waals surface area contributed by atoms with Crippen molar-refractivity contribution in [1.29, 1.82) is 0 Å². The zero-order valence-corrected chi connectivity index (χ0v) is 18.6. The Morgan fingerprint density at radius 3 is 2.69 bits per heavy atom. The van der Waals surface area contributed by atoms with E-state index in [-0.39, 0.29) is 6.61 Å². The van der Waals surface area contributed by atoms with Crippen LogP contribution in [-0.4, -0.2) is 60.3 Å². The van der Waals surface area contributed by atoms with Gasteiger partial charge in [0.05, 0.1) is 23.6 Å². The number of aryl methyl sites for hydroxylation is 2. The highest BCUT2D eigenvalue weighted by Gasteiger charge is 2.29. The van der Waals surface area contributed by atoms with Crippen LogP contribution in [0.15, 0.2) is 45.9 Å². The third-order valence-corrected chi connectivity index (χ3v) is 6.02. The molecular weight excluding hydrogens is 358 g/mol. The predicted molar refractivity (Wildman–Crippen MR) is 123 cm³/mol. The van der Waals surface area contributed by atoms with Crippen LogP contribution in [0.3, 0.4) is 0 Å². The first kappa shape index (κ1) is 21.9. The molecule has 2 heterocycles. The molecule has 0 bridgehead atoms. The molecule has 2 aliphatic rings. The highest BCUT2D eigenvalue weighted by molar-refractivity contribution is 6.49. The summed E-state index contributed by atoms with van der Waals surface area (Å²) in [6, 6.07) is 8.79. The lowest BCUT2D eigenvalue weighted by molar-refractivity contribution is 0.220. The molecule has 4 heteroatoms. The Bertz CT molecular complexity index is 783. The standard InChI is InChI=1S/C25H37N3O/c1-19-7-5-8-20(17-19)10-11-21-9-6-14-26-23(21)24(27-25(2,3)18-29)22-12-15-28(4)16-13-22/h5,7-9,17,22,29H,6,10-16,18H2,1-4H3. The van der Waals surface area contributed by atoms with E-state index in [1.165, 1.54) is 16.7 Å². The molecule has 3 rings (SSSR count). The Labute approximate surface area is 176 Å². The summed E-state index contributed by atoms with van der Waals surface area (Å²) in [5.41, 5.74) is 5.80. The third-order valence-electron chi connectivity index (χ3n) is 6.02. The molecule has 2 aliphatic heterocycles. The van der Waals surface area contributed by atoms with Crippen LogP contribution in [0.1, 0.15) is 50.7 Å². The van der Waals surface area contributed by atoms with E-state index in [4.69, 9.17) is 9.98 Å². The number of nitrogens with zero attached hydrogens (tertiary/aromatic N) is 3. The number of aliphatic imine (C=N–C) groups is 2. The minimum Gasteiger partial charge on any atom is -0.394 e. The molecule has 29 heavy (non-hydrogen) atoms. The summed E-state index contributed by atoms with van der Waals surface area (Å²) >= 11 is 0. The van der Waals surface area contributed by atoms with Gasteiger partial charge < -0.3 is 10.0 Å². The molecule has 0 aromatic heterocycles. The van der Waals surface area contributed by atoms with Crippen LogP contribution >= 0.6 is 0 Å². The summed E-state index contributed by atoms with van der Waals surface area (Å²) in [5, 5.41) is 9.86. The van der Waals surface area contributed by atoms with Crippen LogP contribution < -0.4 is 0 Å². The predicted octanol–water partition coefficient (Wildman–Crippen LogP) is 4.25. The minimum absolute atomic E-state index is 0.0543. The number of hydrogen-bond acceptors (Lipinski definition) is 4. The number of piperidine rings is 1. The van der Waals surface area contributed by atoms with Crippen LogP contribution in [0.25, 0.3) is 0 Å². The van der Waals surface area contributed by atoms with Gasteiger partial charge in [0.25, 0.3) is 0 Å². The molecule has 1 N–H and O–H groups in total. The van der Waals surface area contributed by atoms with Crippen LogP contribution in [-0.2, 0) is 6.42 Å². The largest absolute Gasteiger partial charge is 0.394 e. The van der Waals surface area contributed by atoms with Gasteiger partial charge >= 0.3 is 0 Å². The first-order valence-corrected chi connectivity index (χ1v) is 11.1. The average molecular weight is 396 g/mol. The summed E-state index contributed by atoms with van der Waals surface area (Å²) in [5.74, 6) is 0.427. The minimum atomic E-state index is -0.472. The lowest BCUT2D eigenvalue weighted by Crippen LogP contribution is -2.39. The molecule has 4 nitrogen and oxygen atoms in total. The highest BCUT2D eigenvalue weighted by Crippen LogP contribution is 2.26. The molecule has 0 radical (unpaired) electrons. The van der Waals surface area contributed by atoms with Crippen molar-refractivity contribution in [3.8, 4) is 0 Å². The van der Waals surface area contributed by atoms with Gasteiger partial charge in [0.1, 0.15) is 0 Å².